The van der Waals surface area contributed by atoms with Crippen LogP contribution in [0.1, 0.15) is 10.5 Å². The Hall–Kier alpha value is -1.45. The van der Waals surface area contributed by atoms with Crippen LogP contribution in [0, 0.1) is 0 Å². The van der Waals surface area contributed by atoms with Gasteiger partial charge < -0.3 is 5.73 Å². The number of hydrogen-bond donors (Lipinski definition) is 1. The minimum Gasteiger partial charge on any atom is -0.397 e. The first kappa shape index (κ1) is 5.68. The van der Waals surface area contributed by atoms with Gasteiger partial charge in [-0.25, -0.2) is 0 Å². The molecule has 1 heterocycles. The van der Waals surface area contributed by atoms with Crippen LogP contribution in [0.3, 0.4) is 0 Å². The molecule has 0 saturated heterocycles. The average Bonchev–Trinajstić information content (AvgIpc) is 1.88. The summed E-state index contributed by atoms with van der Waals surface area (Å²) in [4.78, 5) is 10.0. The second-order valence-corrected chi connectivity index (χ2v) is 1.53. The van der Waals surface area contributed by atoms with Crippen molar-refractivity contribution in [1.82, 2.24) is 10.2 Å². The zero-order valence-corrected chi connectivity index (χ0v) is 4.61. The first-order chi connectivity index (χ1) is 4.33. The Balaban J connectivity index is 3.07. The molecule has 0 saturated carbocycles. The van der Waals surface area contributed by atoms with Crippen molar-refractivity contribution in [3.05, 3.63) is 18.0 Å². The second-order valence-electron chi connectivity index (χ2n) is 1.53. The number of carbonyl (C=O) groups is 1. The monoisotopic (exact) mass is 123 g/mol. The van der Waals surface area contributed by atoms with Crippen LogP contribution in [0.5, 0.6) is 0 Å². The van der Waals surface area contributed by atoms with Gasteiger partial charge in [0.05, 0.1) is 11.9 Å². The number of anilines is 1. The maximum Gasteiger partial charge on any atom is 0.170 e. The first-order valence-electron chi connectivity index (χ1n) is 2.36. The van der Waals surface area contributed by atoms with Gasteiger partial charge in [0.15, 0.2) is 6.29 Å². The maximum absolute atomic E-state index is 10.0. The van der Waals surface area contributed by atoms with E-state index in [9.17, 15) is 4.79 Å². The molecule has 0 aliphatic carbocycles. The molecule has 0 aliphatic rings. The smallest absolute Gasteiger partial charge is 0.170 e. The van der Waals surface area contributed by atoms with Crippen LogP contribution in [0.25, 0.3) is 0 Å². The first-order valence-corrected chi connectivity index (χ1v) is 2.36. The summed E-state index contributed by atoms with van der Waals surface area (Å²) in [6.45, 7) is 0. The van der Waals surface area contributed by atoms with Crippen molar-refractivity contribution >= 4 is 12.0 Å². The topological polar surface area (TPSA) is 68.9 Å². The van der Waals surface area contributed by atoms with E-state index in [1.165, 1.54) is 12.3 Å². The van der Waals surface area contributed by atoms with Gasteiger partial charge >= 0.3 is 0 Å². The summed E-state index contributed by atoms with van der Waals surface area (Å²) >= 11 is 0. The molecular weight excluding hydrogens is 118 g/mol. The quantitative estimate of drug-likeness (QED) is 0.528. The van der Waals surface area contributed by atoms with E-state index < -0.39 is 0 Å². The standard InChI is InChI=1S/C5H5N3O/c6-4-1-5(3-9)8-7-2-4/h1-3H,(H2,6,8). The number of aldehydes is 1. The predicted molar refractivity (Wildman–Crippen MR) is 31.8 cm³/mol. The van der Waals surface area contributed by atoms with E-state index in [0.717, 1.165) is 0 Å². The summed E-state index contributed by atoms with van der Waals surface area (Å²) in [5.41, 5.74) is 5.98. The number of carbonyl (C=O) groups excluding carboxylic acids is 1. The van der Waals surface area contributed by atoms with Gasteiger partial charge in [-0.3, -0.25) is 4.79 Å². The number of hydrogen-bond acceptors (Lipinski definition) is 4. The number of rotatable bonds is 1. The predicted octanol–water partition coefficient (Wildman–Crippen LogP) is -0.129. The molecule has 46 valence electrons. The lowest BCUT2D eigenvalue weighted by Crippen LogP contribution is -1.93. The van der Waals surface area contributed by atoms with Crippen molar-refractivity contribution < 1.29 is 4.79 Å². The molecule has 0 aromatic carbocycles. The van der Waals surface area contributed by atoms with Gasteiger partial charge in [0.2, 0.25) is 0 Å². The van der Waals surface area contributed by atoms with Gasteiger partial charge in [-0.2, -0.15) is 5.10 Å². The molecule has 4 heteroatoms. The van der Waals surface area contributed by atoms with E-state index in [1.807, 2.05) is 0 Å². The van der Waals surface area contributed by atoms with E-state index >= 15 is 0 Å². The Kier molecular flexibility index (Phi) is 1.40. The molecule has 1 aromatic rings. The third kappa shape index (κ3) is 1.22. The maximum atomic E-state index is 10.0. The van der Waals surface area contributed by atoms with E-state index in [2.05, 4.69) is 10.2 Å². The minimum absolute atomic E-state index is 0.259. The third-order valence-electron chi connectivity index (χ3n) is 0.815. The lowest BCUT2D eigenvalue weighted by molar-refractivity contribution is 0.111. The van der Waals surface area contributed by atoms with Crippen LogP contribution in [-0.2, 0) is 0 Å². The number of aromatic nitrogens is 2. The number of nitrogens with two attached hydrogens (primary N) is 1. The van der Waals surface area contributed by atoms with Gasteiger partial charge in [-0.05, 0) is 6.07 Å². The molecule has 0 bridgehead atoms. The van der Waals surface area contributed by atoms with Crippen LogP contribution in [0.2, 0.25) is 0 Å². The largest absolute Gasteiger partial charge is 0.397 e. The fourth-order valence-electron chi connectivity index (χ4n) is 0.457. The highest BCUT2D eigenvalue weighted by Gasteiger charge is 1.89. The summed E-state index contributed by atoms with van der Waals surface area (Å²) in [6.07, 6.45) is 1.98. The van der Waals surface area contributed by atoms with Crippen molar-refractivity contribution in [2.24, 2.45) is 0 Å². The van der Waals surface area contributed by atoms with Crippen LogP contribution in [0.4, 0.5) is 5.69 Å². The van der Waals surface area contributed by atoms with Crippen molar-refractivity contribution in [2.45, 2.75) is 0 Å². The van der Waals surface area contributed by atoms with E-state index in [1.54, 1.807) is 0 Å². The molecule has 0 spiro atoms. The van der Waals surface area contributed by atoms with Gasteiger partial charge in [0.1, 0.15) is 5.69 Å². The lowest BCUT2D eigenvalue weighted by atomic mass is 10.4. The fraction of sp³-hybridized carbons (Fsp3) is 0. The highest BCUT2D eigenvalue weighted by Crippen LogP contribution is 1.96. The van der Waals surface area contributed by atoms with Gasteiger partial charge in [-0.1, -0.05) is 0 Å². The Morgan fingerprint density at radius 2 is 2.44 bits per heavy atom. The highest BCUT2D eigenvalue weighted by atomic mass is 16.1. The summed E-state index contributed by atoms with van der Waals surface area (Å²) in [7, 11) is 0. The molecule has 2 N–H and O–H groups in total. The van der Waals surface area contributed by atoms with Crippen molar-refractivity contribution in [3.8, 4) is 0 Å². The summed E-state index contributed by atoms with van der Waals surface area (Å²) < 4.78 is 0. The molecule has 0 fully saturated rings. The molecule has 1 rings (SSSR count). The van der Waals surface area contributed by atoms with Crippen molar-refractivity contribution in [1.29, 1.82) is 0 Å². The minimum atomic E-state index is 0.259. The van der Waals surface area contributed by atoms with Gasteiger partial charge in [0, 0.05) is 0 Å². The molecule has 1 aromatic heterocycles. The molecular formula is C5H5N3O. The summed E-state index contributed by atoms with van der Waals surface area (Å²) in [6, 6.07) is 1.46. The Labute approximate surface area is 51.7 Å². The molecule has 0 radical (unpaired) electrons. The van der Waals surface area contributed by atoms with E-state index in [-0.39, 0.29) is 5.69 Å². The zero-order chi connectivity index (χ0) is 6.69. The lowest BCUT2D eigenvalue weighted by Gasteiger charge is -1.88. The molecule has 0 unspecified atom stereocenters. The normalized spacial score (nSPS) is 8.89. The van der Waals surface area contributed by atoms with Crippen LogP contribution in [0.15, 0.2) is 12.3 Å². The Morgan fingerprint density at radius 3 is 2.89 bits per heavy atom. The molecule has 4 nitrogen and oxygen atoms in total. The van der Waals surface area contributed by atoms with Gasteiger partial charge in [-0.15, -0.1) is 5.10 Å². The molecule has 0 atom stereocenters. The number of nitrogen functional groups attached to an aromatic ring is 1. The SMILES string of the molecule is Nc1cnnc(C=O)c1. The summed E-state index contributed by atoms with van der Waals surface area (Å²) in [5, 5.41) is 6.91. The highest BCUT2D eigenvalue weighted by molar-refractivity contribution is 5.72. The van der Waals surface area contributed by atoms with Crippen LogP contribution >= 0.6 is 0 Å². The van der Waals surface area contributed by atoms with Crippen molar-refractivity contribution in [3.63, 3.8) is 0 Å². The van der Waals surface area contributed by atoms with E-state index in [0.29, 0.717) is 12.0 Å². The average molecular weight is 123 g/mol. The van der Waals surface area contributed by atoms with E-state index in [4.69, 9.17) is 5.73 Å². The Morgan fingerprint density at radius 1 is 1.67 bits per heavy atom. The fourth-order valence-corrected chi connectivity index (χ4v) is 0.457. The van der Waals surface area contributed by atoms with Crippen molar-refractivity contribution in [2.75, 3.05) is 5.73 Å². The zero-order valence-electron chi connectivity index (χ0n) is 4.61. The molecule has 0 aliphatic heterocycles. The second kappa shape index (κ2) is 2.21. The Bertz CT molecular complexity index is 223. The number of nitrogens with zero attached hydrogens (tertiary/aromatic N) is 2. The van der Waals surface area contributed by atoms with Crippen LogP contribution < -0.4 is 5.73 Å². The molecule has 9 heavy (non-hydrogen) atoms. The van der Waals surface area contributed by atoms with Gasteiger partial charge in [0.25, 0.3) is 0 Å². The molecule has 0 amide bonds. The van der Waals surface area contributed by atoms with Crippen LogP contribution in [-0.4, -0.2) is 16.5 Å². The summed E-state index contributed by atoms with van der Waals surface area (Å²) in [5.74, 6) is 0. The third-order valence-corrected chi connectivity index (χ3v) is 0.815.